The lowest BCUT2D eigenvalue weighted by Gasteiger charge is -2.41. The molecule has 0 unspecified atom stereocenters. The minimum absolute atomic E-state index is 0.0166. The van der Waals surface area contributed by atoms with Gasteiger partial charge in [-0.2, -0.15) is 0 Å². The molecule has 1 saturated heterocycles. The molecular weight excluding hydrogens is 884 g/mol. The van der Waals surface area contributed by atoms with E-state index in [0.717, 1.165) is 114 Å². The van der Waals surface area contributed by atoms with Gasteiger partial charge in [0, 0.05) is 72.7 Å². The van der Waals surface area contributed by atoms with Crippen molar-refractivity contribution in [3.63, 3.8) is 0 Å². The van der Waals surface area contributed by atoms with Crippen LogP contribution in [0.4, 0.5) is 17.1 Å². The number of rotatable bonds is 17. The molecule has 348 valence electrons. The molecule has 65 heavy (non-hydrogen) atoms. The van der Waals surface area contributed by atoms with E-state index in [1.54, 1.807) is 42.5 Å². The van der Waals surface area contributed by atoms with Crippen molar-refractivity contribution >= 4 is 61.8 Å². The molecule has 0 aromatic heterocycles. The molecular formula is C50H62Cl2N6O6S. The van der Waals surface area contributed by atoms with E-state index in [9.17, 15) is 23.3 Å². The zero-order chi connectivity index (χ0) is 46.3. The van der Waals surface area contributed by atoms with Crippen molar-refractivity contribution in [3.8, 4) is 11.5 Å². The van der Waals surface area contributed by atoms with Crippen LogP contribution in [0.25, 0.3) is 5.57 Å². The smallest absolute Gasteiger partial charge is 0.293 e. The highest BCUT2D eigenvalue weighted by molar-refractivity contribution is 7.90. The van der Waals surface area contributed by atoms with Crippen LogP contribution < -0.4 is 19.7 Å². The highest BCUT2D eigenvalue weighted by atomic mass is 35.5. The van der Waals surface area contributed by atoms with Crippen LogP contribution in [-0.2, 0) is 10.0 Å². The Morgan fingerprint density at radius 1 is 0.877 bits per heavy atom. The largest absolute Gasteiger partial charge is 0.456 e. The summed E-state index contributed by atoms with van der Waals surface area (Å²) < 4.78 is 35.9. The normalized spacial score (nSPS) is 19.3. The molecule has 7 rings (SSSR count). The third-order valence-electron chi connectivity index (χ3n) is 14.1. The Morgan fingerprint density at radius 3 is 2.23 bits per heavy atom. The van der Waals surface area contributed by atoms with Crippen molar-refractivity contribution in [2.24, 2.45) is 5.41 Å². The average molecular weight is 946 g/mol. The number of nitro groups is 1. The number of ether oxygens (including phenoxy) is 1. The Balaban J connectivity index is 1.06. The third kappa shape index (κ3) is 11.7. The van der Waals surface area contributed by atoms with E-state index in [-0.39, 0.29) is 28.7 Å². The van der Waals surface area contributed by atoms with E-state index in [1.807, 2.05) is 12.1 Å². The molecule has 0 radical (unpaired) electrons. The van der Waals surface area contributed by atoms with Crippen LogP contribution in [-0.4, -0.2) is 86.9 Å². The summed E-state index contributed by atoms with van der Waals surface area (Å²) in [4.78, 5) is 32.4. The molecule has 0 spiro atoms. The molecule has 15 heteroatoms. The van der Waals surface area contributed by atoms with E-state index in [1.165, 1.54) is 35.3 Å². The van der Waals surface area contributed by atoms with Gasteiger partial charge in [0.25, 0.3) is 21.6 Å². The van der Waals surface area contributed by atoms with Gasteiger partial charge in [0.15, 0.2) is 0 Å². The number of carbonyl (C=O) groups excluding carboxylic acids is 1. The predicted octanol–water partition coefficient (Wildman–Crippen LogP) is 11.4. The number of amides is 1. The molecule has 2 N–H and O–H groups in total. The molecule has 0 bridgehead atoms. The summed E-state index contributed by atoms with van der Waals surface area (Å²) in [6.07, 6.45) is 9.25. The van der Waals surface area contributed by atoms with E-state index in [0.29, 0.717) is 22.2 Å². The fourth-order valence-electron chi connectivity index (χ4n) is 9.94. The lowest BCUT2D eigenvalue weighted by molar-refractivity contribution is -0.384. The first-order chi connectivity index (χ1) is 31.2. The minimum atomic E-state index is -4.55. The summed E-state index contributed by atoms with van der Waals surface area (Å²) in [5.41, 5.74) is 5.15. The fourth-order valence-corrected chi connectivity index (χ4v) is 11.2. The summed E-state index contributed by atoms with van der Waals surface area (Å²) in [6, 6.07) is 24.3. The number of sulfonamides is 1. The van der Waals surface area contributed by atoms with Crippen LogP contribution >= 0.6 is 23.2 Å². The molecule has 4 aromatic rings. The van der Waals surface area contributed by atoms with E-state index in [2.05, 4.69) is 64.6 Å². The van der Waals surface area contributed by atoms with Crippen molar-refractivity contribution in [1.82, 2.24) is 14.5 Å². The zero-order valence-corrected chi connectivity index (χ0v) is 40.3. The maximum Gasteiger partial charge on any atom is 0.293 e. The first-order valence-electron chi connectivity index (χ1n) is 23.1. The van der Waals surface area contributed by atoms with Crippen LogP contribution in [0.3, 0.4) is 0 Å². The zero-order valence-electron chi connectivity index (χ0n) is 38.0. The molecule has 12 nitrogen and oxygen atoms in total. The quantitative estimate of drug-likeness (QED) is 0.0777. The molecule has 1 saturated carbocycles. The van der Waals surface area contributed by atoms with E-state index >= 15 is 0 Å². The van der Waals surface area contributed by atoms with Crippen molar-refractivity contribution in [2.75, 3.05) is 56.0 Å². The van der Waals surface area contributed by atoms with E-state index in [4.69, 9.17) is 27.9 Å². The van der Waals surface area contributed by atoms with Crippen molar-refractivity contribution in [2.45, 2.75) is 102 Å². The first-order valence-corrected chi connectivity index (χ1v) is 25.3. The number of benzene rings is 4. The summed E-state index contributed by atoms with van der Waals surface area (Å²) in [5, 5.41) is 16.7. The summed E-state index contributed by atoms with van der Waals surface area (Å²) >= 11 is 12.6. The third-order valence-corrected chi connectivity index (χ3v) is 15.9. The Kier molecular flexibility index (Phi) is 15.8. The Morgan fingerprint density at radius 2 is 1.58 bits per heavy atom. The second-order valence-electron chi connectivity index (χ2n) is 17.7. The van der Waals surface area contributed by atoms with E-state index < -0.39 is 25.7 Å². The number of carbonyl (C=O) groups is 1. The molecule has 2 fully saturated rings. The van der Waals surface area contributed by atoms with Gasteiger partial charge in [-0.05, 0) is 129 Å². The molecule has 3 aliphatic rings. The maximum atomic E-state index is 13.9. The molecule has 1 aliphatic heterocycles. The molecule has 0 atom stereocenters. The predicted molar refractivity (Wildman–Crippen MR) is 262 cm³/mol. The van der Waals surface area contributed by atoms with Crippen molar-refractivity contribution in [3.05, 3.63) is 122 Å². The molecule has 2 aliphatic carbocycles. The van der Waals surface area contributed by atoms with Gasteiger partial charge in [-0.25, -0.2) is 13.1 Å². The lowest BCUT2D eigenvalue weighted by atomic mass is 9.67. The second kappa shape index (κ2) is 21.3. The monoisotopic (exact) mass is 944 g/mol. The number of allylic oxidation sites excluding steroid dienone is 1. The topological polar surface area (TPSA) is 137 Å². The van der Waals surface area contributed by atoms with Gasteiger partial charge < -0.3 is 19.9 Å². The number of anilines is 2. The highest BCUT2D eigenvalue weighted by Crippen LogP contribution is 2.48. The Labute approximate surface area is 394 Å². The van der Waals surface area contributed by atoms with Crippen molar-refractivity contribution in [1.29, 1.82) is 0 Å². The number of halogens is 2. The van der Waals surface area contributed by atoms with Gasteiger partial charge in [-0.3, -0.25) is 19.8 Å². The fraction of sp³-hybridized carbons (Fsp3) is 0.460. The van der Waals surface area contributed by atoms with Gasteiger partial charge in [0.2, 0.25) is 0 Å². The first kappa shape index (κ1) is 48.3. The summed E-state index contributed by atoms with van der Waals surface area (Å²) in [6.45, 7) is 14.9. The Bertz CT molecular complexity index is 2460. The van der Waals surface area contributed by atoms with Crippen molar-refractivity contribution < 1.29 is 22.9 Å². The van der Waals surface area contributed by atoms with Gasteiger partial charge in [0.1, 0.15) is 17.2 Å². The number of nitrogens with zero attached hydrogens (tertiary/aromatic N) is 4. The van der Waals surface area contributed by atoms with Crippen LogP contribution in [0.1, 0.15) is 101 Å². The van der Waals surface area contributed by atoms with Gasteiger partial charge in [-0.1, -0.05) is 87.5 Å². The van der Waals surface area contributed by atoms with Gasteiger partial charge >= 0.3 is 0 Å². The number of nitro benzene ring substituents is 1. The van der Waals surface area contributed by atoms with Crippen LogP contribution in [0.15, 0.2) is 95.4 Å². The van der Waals surface area contributed by atoms with Gasteiger partial charge in [0.05, 0.1) is 15.4 Å². The SMILES string of the molecule is CCN(CC)C1CCC(Nc2ccc(S(=O)(=O)NC(=O)c3ccc(N4CCN(CC5=C(c6ccc(Cl)cc6)CC(CC)(CC)CC5)CC4)cc3Oc3cccc(Cl)c3)cc2[N+](=O)[O-])CC1. The average Bonchev–Trinajstić information content (AvgIpc) is 3.30. The number of nitrogens with one attached hydrogen (secondary N) is 2. The number of hydrogen-bond acceptors (Lipinski definition) is 10. The second-order valence-corrected chi connectivity index (χ2v) is 20.3. The van der Waals surface area contributed by atoms with Crippen LogP contribution in [0.2, 0.25) is 10.0 Å². The standard InChI is InChI=1S/C50H62Cl2N6O6S/c1-5-50(6-2)25-24-36(45(33-50)35-12-14-37(51)15-13-35)34-55-26-28-57(29-27-55)41-20-22-44(48(31-41)64-42-11-9-10-38(52)30-42)49(59)54-65(62,63)43-21-23-46(47(32-43)58(60)61)53-39-16-18-40(19-17-39)56(7-3)8-4/h9-15,20-23,30-32,39-40,53H,5-8,16-19,24-29,33-34H2,1-4H3,(H,54,59). The lowest BCUT2D eigenvalue weighted by Crippen LogP contribution is -2.47. The number of piperazine rings is 1. The highest BCUT2D eigenvalue weighted by Gasteiger charge is 2.34. The summed E-state index contributed by atoms with van der Waals surface area (Å²) in [5.74, 6) is -0.443. The van der Waals surface area contributed by atoms with Gasteiger partial charge in [-0.15, -0.1) is 0 Å². The molecule has 1 amide bonds. The molecule has 1 heterocycles. The molecule has 4 aromatic carbocycles. The Hall–Kier alpha value is -4.66. The van der Waals surface area contributed by atoms with Crippen LogP contribution in [0, 0.1) is 15.5 Å². The van der Waals surface area contributed by atoms with Crippen LogP contribution in [0.5, 0.6) is 11.5 Å². The summed E-state index contributed by atoms with van der Waals surface area (Å²) in [7, 11) is -4.55. The minimum Gasteiger partial charge on any atom is -0.456 e. The maximum absolute atomic E-state index is 13.9. The number of hydrogen-bond donors (Lipinski definition) is 2.